The molecule has 3 aromatic heterocycles. The van der Waals surface area contributed by atoms with Crippen LogP contribution < -0.4 is 15.0 Å². The fourth-order valence-electron chi connectivity index (χ4n) is 2.70. The quantitative estimate of drug-likeness (QED) is 0.736. The van der Waals surface area contributed by atoms with Crippen LogP contribution in [0.5, 0.6) is 5.88 Å². The van der Waals surface area contributed by atoms with Crippen LogP contribution in [0.1, 0.15) is 0 Å². The van der Waals surface area contributed by atoms with Crippen LogP contribution >= 0.6 is 0 Å². The van der Waals surface area contributed by atoms with Gasteiger partial charge in [0.2, 0.25) is 11.8 Å². The summed E-state index contributed by atoms with van der Waals surface area (Å²) < 4.78 is 6.82. The first-order chi connectivity index (χ1) is 12.7. The van der Waals surface area contributed by atoms with E-state index in [0.29, 0.717) is 24.7 Å². The zero-order chi connectivity index (χ0) is 17.9. The number of anilines is 2. The first-order valence-electron chi connectivity index (χ1n) is 8.09. The summed E-state index contributed by atoms with van der Waals surface area (Å²) >= 11 is 0. The molecule has 0 radical (unpaired) electrons. The minimum Gasteiger partial charge on any atom is -0.481 e. The highest BCUT2D eigenvalue weighted by molar-refractivity contribution is 5.94. The number of hydrogen-bond acceptors (Lipinski definition) is 7. The van der Waals surface area contributed by atoms with Gasteiger partial charge in [0.25, 0.3) is 0 Å². The van der Waals surface area contributed by atoms with Gasteiger partial charge in [-0.05, 0) is 6.07 Å². The van der Waals surface area contributed by atoms with Gasteiger partial charge in [-0.25, -0.2) is 19.9 Å². The van der Waals surface area contributed by atoms with Gasteiger partial charge >= 0.3 is 0 Å². The lowest BCUT2D eigenvalue weighted by atomic mass is 9.99. The Balaban J connectivity index is 1.36. The maximum absolute atomic E-state index is 12.3. The lowest BCUT2D eigenvalue weighted by Crippen LogP contribution is -2.52. The minimum absolute atomic E-state index is 0.0305. The standard InChI is InChI=1S/C17H17N7O2/c1-26-16-3-2-13(7-19-16)22-17(25)12-8-24(9-12)15-6-14(20-10-21-15)23-5-4-18-11-23/h2-7,10-12H,8-9H2,1H3,(H,22,25). The van der Waals surface area contributed by atoms with Crippen molar-refractivity contribution in [3.8, 4) is 11.7 Å². The van der Waals surface area contributed by atoms with Gasteiger partial charge in [0.15, 0.2) is 0 Å². The molecule has 0 aliphatic carbocycles. The monoisotopic (exact) mass is 351 g/mol. The molecule has 9 nitrogen and oxygen atoms in total. The Hall–Kier alpha value is -3.49. The van der Waals surface area contributed by atoms with E-state index in [0.717, 1.165) is 11.6 Å². The third kappa shape index (κ3) is 3.18. The normalized spacial score (nSPS) is 14.0. The summed E-state index contributed by atoms with van der Waals surface area (Å²) in [7, 11) is 1.55. The molecular weight excluding hydrogens is 334 g/mol. The number of carbonyl (C=O) groups is 1. The Bertz CT molecular complexity index is 890. The van der Waals surface area contributed by atoms with Crippen molar-refractivity contribution in [1.29, 1.82) is 0 Å². The summed E-state index contributed by atoms with van der Waals surface area (Å²) in [4.78, 5) is 31.0. The molecule has 132 valence electrons. The van der Waals surface area contributed by atoms with Crippen molar-refractivity contribution in [2.45, 2.75) is 0 Å². The number of rotatable bonds is 5. The number of ether oxygens (including phenoxy) is 1. The molecule has 4 heterocycles. The number of nitrogens with zero attached hydrogens (tertiary/aromatic N) is 6. The average Bonchev–Trinajstić information content (AvgIpc) is 3.16. The smallest absolute Gasteiger partial charge is 0.231 e. The average molecular weight is 351 g/mol. The molecule has 26 heavy (non-hydrogen) atoms. The largest absolute Gasteiger partial charge is 0.481 e. The van der Waals surface area contributed by atoms with Crippen LogP contribution in [-0.4, -0.2) is 50.6 Å². The highest BCUT2D eigenvalue weighted by Crippen LogP contribution is 2.24. The molecule has 1 N–H and O–H groups in total. The fourth-order valence-corrected chi connectivity index (χ4v) is 2.70. The fraction of sp³-hybridized carbons (Fsp3) is 0.235. The van der Waals surface area contributed by atoms with Gasteiger partial charge in [-0.2, -0.15) is 0 Å². The Morgan fingerprint density at radius 1 is 1.23 bits per heavy atom. The van der Waals surface area contributed by atoms with E-state index in [-0.39, 0.29) is 11.8 Å². The van der Waals surface area contributed by atoms with Crippen LogP contribution in [-0.2, 0) is 4.79 Å². The third-order valence-corrected chi connectivity index (χ3v) is 4.20. The van der Waals surface area contributed by atoms with Crippen LogP contribution in [0.4, 0.5) is 11.5 Å². The van der Waals surface area contributed by atoms with Crippen molar-refractivity contribution in [3.63, 3.8) is 0 Å². The zero-order valence-electron chi connectivity index (χ0n) is 14.1. The summed E-state index contributed by atoms with van der Waals surface area (Å²) in [5.41, 5.74) is 0.652. The van der Waals surface area contributed by atoms with E-state index in [2.05, 4.69) is 25.3 Å². The van der Waals surface area contributed by atoms with E-state index in [4.69, 9.17) is 4.74 Å². The number of methoxy groups -OCH3 is 1. The molecule has 1 saturated heterocycles. The summed E-state index contributed by atoms with van der Waals surface area (Å²) in [5, 5.41) is 2.87. The molecule has 1 fully saturated rings. The molecule has 1 aliphatic heterocycles. The first kappa shape index (κ1) is 16.0. The van der Waals surface area contributed by atoms with Crippen molar-refractivity contribution in [2.24, 2.45) is 5.92 Å². The van der Waals surface area contributed by atoms with Crippen LogP contribution in [0.3, 0.4) is 0 Å². The number of hydrogen-bond donors (Lipinski definition) is 1. The van der Waals surface area contributed by atoms with Crippen LogP contribution in [0, 0.1) is 5.92 Å². The number of pyridine rings is 1. The summed E-state index contributed by atoms with van der Waals surface area (Å²) in [6, 6.07) is 5.35. The van der Waals surface area contributed by atoms with Crippen molar-refractivity contribution in [2.75, 3.05) is 30.4 Å². The van der Waals surface area contributed by atoms with E-state index in [9.17, 15) is 4.79 Å². The number of imidazole rings is 1. The Morgan fingerprint density at radius 3 is 2.77 bits per heavy atom. The number of carbonyl (C=O) groups excluding carboxylic acids is 1. The van der Waals surface area contributed by atoms with E-state index < -0.39 is 0 Å². The maximum atomic E-state index is 12.3. The van der Waals surface area contributed by atoms with Crippen LogP contribution in [0.15, 0.2) is 49.4 Å². The van der Waals surface area contributed by atoms with Gasteiger partial charge in [0.05, 0.1) is 24.9 Å². The third-order valence-electron chi connectivity index (χ3n) is 4.20. The van der Waals surface area contributed by atoms with E-state index >= 15 is 0 Å². The number of amides is 1. The topological polar surface area (TPSA) is 98.1 Å². The van der Waals surface area contributed by atoms with Crippen molar-refractivity contribution in [3.05, 3.63) is 49.4 Å². The molecule has 9 heteroatoms. The Morgan fingerprint density at radius 2 is 2.08 bits per heavy atom. The number of nitrogens with one attached hydrogen (secondary N) is 1. The van der Waals surface area contributed by atoms with E-state index in [1.807, 2.05) is 21.7 Å². The molecule has 0 bridgehead atoms. The summed E-state index contributed by atoms with van der Waals surface area (Å²) in [5.74, 6) is 1.92. The molecule has 0 unspecified atom stereocenters. The second-order valence-corrected chi connectivity index (χ2v) is 5.88. The lowest BCUT2D eigenvalue weighted by Gasteiger charge is -2.39. The van der Waals surface area contributed by atoms with Crippen molar-refractivity contribution < 1.29 is 9.53 Å². The van der Waals surface area contributed by atoms with E-state index in [1.165, 1.54) is 6.33 Å². The van der Waals surface area contributed by atoms with Crippen LogP contribution in [0.2, 0.25) is 0 Å². The van der Waals surface area contributed by atoms with Gasteiger partial charge in [-0.3, -0.25) is 9.36 Å². The molecule has 4 rings (SSSR count). The summed E-state index contributed by atoms with van der Waals surface area (Å²) in [6.45, 7) is 1.21. The van der Waals surface area contributed by atoms with Gasteiger partial charge in [-0.15, -0.1) is 0 Å². The van der Waals surface area contributed by atoms with Crippen LogP contribution in [0.25, 0.3) is 5.82 Å². The zero-order valence-corrected chi connectivity index (χ0v) is 14.1. The first-order valence-corrected chi connectivity index (χ1v) is 8.09. The van der Waals surface area contributed by atoms with Gasteiger partial charge < -0.3 is 15.0 Å². The highest BCUT2D eigenvalue weighted by Gasteiger charge is 2.33. The SMILES string of the molecule is COc1ccc(NC(=O)C2CN(c3cc(-n4ccnc4)ncn3)C2)cn1. The van der Waals surface area contributed by atoms with Gasteiger partial charge in [0.1, 0.15) is 24.3 Å². The maximum Gasteiger partial charge on any atom is 0.231 e. The molecule has 0 atom stereocenters. The Labute approximate surface area is 149 Å². The number of aromatic nitrogens is 5. The highest BCUT2D eigenvalue weighted by atomic mass is 16.5. The molecule has 0 aromatic carbocycles. The van der Waals surface area contributed by atoms with Gasteiger partial charge in [0, 0.05) is 37.6 Å². The molecule has 0 spiro atoms. The predicted molar refractivity (Wildman–Crippen MR) is 94.3 cm³/mol. The lowest BCUT2D eigenvalue weighted by molar-refractivity contribution is -0.120. The van der Waals surface area contributed by atoms with Crippen molar-refractivity contribution in [1.82, 2.24) is 24.5 Å². The molecule has 1 amide bonds. The van der Waals surface area contributed by atoms with Gasteiger partial charge in [-0.1, -0.05) is 0 Å². The minimum atomic E-state index is -0.0937. The molecular formula is C17H17N7O2. The van der Waals surface area contributed by atoms with Crippen molar-refractivity contribution >= 4 is 17.4 Å². The second kappa shape index (κ2) is 6.79. The second-order valence-electron chi connectivity index (χ2n) is 5.88. The predicted octanol–water partition coefficient (Wildman–Crippen LogP) is 1.14. The molecule has 3 aromatic rings. The Kier molecular flexibility index (Phi) is 4.18. The van der Waals surface area contributed by atoms with E-state index in [1.54, 1.807) is 38.0 Å². The molecule has 1 aliphatic rings. The summed E-state index contributed by atoms with van der Waals surface area (Å²) in [6.07, 6.45) is 8.29. The molecule has 0 saturated carbocycles.